The molecule has 3 rings (SSSR count). The van der Waals surface area contributed by atoms with E-state index in [4.69, 9.17) is 16.3 Å². The van der Waals surface area contributed by atoms with Gasteiger partial charge in [0.15, 0.2) is 0 Å². The number of nitrogens with zero attached hydrogens (tertiary/aromatic N) is 2. The van der Waals surface area contributed by atoms with Crippen LogP contribution in [0.15, 0.2) is 60.9 Å². The number of carbonyl (C=O) groups is 1. The van der Waals surface area contributed by atoms with Crippen LogP contribution in [-0.4, -0.2) is 22.6 Å². The first-order valence-electron chi connectivity index (χ1n) is 7.11. The third-order valence-electron chi connectivity index (χ3n) is 3.50. The van der Waals surface area contributed by atoms with E-state index >= 15 is 0 Å². The highest BCUT2D eigenvalue weighted by atomic mass is 35.5. The molecule has 0 amide bonds. The SMILES string of the molecule is COC(=O)c1cccc(Cn2ccnc2-c2cccc(Cl)c2)c1. The molecule has 1 aromatic heterocycles. The van der Waals surface area contributed by atoms with Gasteiger partial charge in [-0.1, -0.05) is 35.9 Å². The lowest BCUT2D eigenvalue weighted by atomic mass is 10.1. The predicted molar refractivity (Wildman–Crippen MR) is 89.6 cm³/mol. The summed E-state index contributed by atoms with van der Waals surface area (Å²) in [5.74, 6) is 0.489. The Hall–Kier alpha value is -2.59. The van der Waals surface area contributed by atoms with Crippen LogP contribution in [-0.2, 0) is 11.3 Å². The highest BCUT2D eigenvalue weighted by molar-refractivity contribution is 6.30. The number of imidazole rings is 1. The molecule has 0 radical (unpaired) electrons. The van der Waals surface area contributed by atoms with Gasteiger partial charge in [0.2, 0.25) is 0 Å². The van der Waals surface area contributed by atoms with Crippen molar-refractivity contribution < 1.29 is 9.53 Å². The molecule has 0 saturated carbocycles. The van der Waals surface area contributed by atoms with E-state index in [1.807, 2.05) is 53.2 Å². The summed E-state index contributed by atoms with van der Waals surface area (Å²) in [6, 6.07) is 15.0. The van der Waals surface area contributed by atoms with Crippen LogP contribution in [0.25, 0.3) is 11.4 Å². The first-order chi connectivity index (χ1) is 11.2. The van der Waals surface area contributed by atoms with Gasteiger partial charge in [-0.15, -0.1) is 0 Å². The van der Waals surface area contributed by atoms with Gasteiger partial charge in [0.25, 0.3) is 0 Å². The van der Waals surface area contributed by atoms with Crippen molar-refractivity contribution >= 4 is 17.6 Å². The van der Waals surface area contributed by atoms with E-state index in [0.29, 0.717) is 17.1 Å². The maximum atomic E-state index is 11.6. The molecule has 0 aliphatic rings. The largest absolute Gasteiger partial charge is 0.465 e. The Labute approximate surface area is 139 Å². The van der Waals surface area contributed by atoms with Crippen molar-refractivity contribution in [2.45, 2.75) is 6.54 Å². The Kier molecular flexibility index (Phi) is 4.44. The van der Waals surface area contributed by atoms with Gasteiger partial charge in [-0.3, -0.25) is 0 Å². The van der Waals surface area contributed by atoms with Crippen molar-refractivity contribution in [3.8, 4) is 11.4 Å². The molecule has 0 unspecified atom stereocenters. The zero-order chi connectivity index (χ0) is 16.2. The molecule has 0 saturated heterocycles. The molecule has 0 spiro atoms. The van der Waals surface area contributed by atoms with Crippen LogP contribution in [0.1, 0.15) is 15.9 Å². The third-order valence-corrected chi connectivity index (χ3v) is 3.73. The fourth-order valence-electron chi connectivity index (χ4n) is 2.44. The Morgan fingerprint density at radius 1 is 1.22 bits per heavy atom. The van der Waals surface area contributed by atoms with Crippen LogP contribution < -0.4 is 0 Å². The average molecular weight is 327 g/mol. The summed E-state index contributed by atoms with van der Waals surface area (Å²) in [6.45, 7) is 0.604. The van der Waals surface area contributed by atoms with E-state index in [1.165, 1.54) is 7.11 Å². The second kappa shape index (κ2) is 6.67. The minimum absolute atomic E-state index is 0.340. The molecule has 3 aromatic rings. The highest BCUT2D eigenvalue weighted by Crippen LogP contribution is 2.22. The van der Waals surface area contributed by atoms with Crippen molar-refractivity contribution in [1.29, 1.82) is 0 Å². The van der Waals surface area contributed by atoms with Gasteiger partial charge < -0.3 is 9.30 Å². The minimum Gasteiger partial charge on any atom is -0.465 e. The van der Waals surface area contributed by atoms with Gasteiger partial charge in [-0.05, 0) is 29.8 Å². The summed E-state index contributed by atoms with van der Waals surface area (Å²) in [4.78, 5) is 16.0. The van der Waals surface area contributed by atoms with Crippen molar-refractivity contribution in [2.75, 3.05) is 7.11 Å². The van der Waals surface area contributed by atoms with Crippen LogP contribution in [0, 0.1) is 0 Å². The summed E-state index contributed by atoms with van der Waals surface area (Å²) in [5, 5.41) is 0.671. The maximum absolute atomic E-state index is 11.6. The topological polar surface area (TPSA) is 44.1 Å². The fourth-order valence-corrected chi connectivity index (χ4v) is 2.63. The zero-order valence-corrected chi connectivity index (χ0v) is 13.3. The summed E-state index contributed by atoms with van der Waals surface area (Å²) >= 11 is 6.06. The summed E-state index contributed by atoms with van der Waals surface area (Å²) in [5.41, 5.74) is 2.48. The molecule has 0 atom stereocenters. The number of carbonyl (C=O) groups excluding carboxylic acids is 1. The van der Waals surface area contributed by atoms with Crippen LogP contribution in [0.3, 0.4) is 0 Å². The molecule has 0 bridgehead atoms. The molecule has 1 heterocycles. The molecular formula is C18H15ClN2O2. The van der Waals surface area contributed by atoms with E-state index in [1.54, 1.807) is 12.3 Å². The first-order valence-corrected chi connectivity index (χ1v) is 7.49. The maximum Gasteiger partial charge on any atom is 0.337 e. The van der Waals surface area contributed by atoms with Crippen LogP contribution in [0.2, 0.25) is 5.02 Å². The molecule has 23 heavy (non-hydrogen) atoms. The quantitative estimate of drug-likeness (QED) is 0.680. The van der Waals surface area contributed by atoms with E-state index in [2.05, 4.69) is 4.98 Å². The third kappa shape index (κ3) is 3.43. The zero-order valence-electron chi connectivity index (χ0n) is 12.6. The summed E-state index contributed by atoms with van der Waals surface area (Å²) < 4.78 is 6.78. The van der Waals surface area contributed by atoms with Gasteiger partial charge in [0.05, 0.1) is 12.7 Å². The normalized spacial score (nSPS) is 10.5. The number of halogens is 1. The number of benzene rings is 2. The lowest BCUT2D eigenvalue weighted by molar-refractivity contribution is 0.0600. The Balaban J connectivity index is 1.90. The Bertz CT molecular complexity index is 842. The van der Waals surface area contributed by atoms with Crippen molar-refractivity contribution in [3.05, 3.63) is 77.1 Å². The standard InChI is InChI=1S/C18H15ClN2O2/c1-23-18(22)15-6-2-4-13(10-15)12-21-9-8-20-17(21)14-5-3-7-16(19)11-14/h2-11H,12H2,1H3. The molecule has 4 nitrogen and oxygen atoms in total. The van der Waals surface area contributed by atoms with Gasteiger partial charge in [-0.25, -0.2) is 9.78 Å². The van der Waals surface area contributed by atoms with Crippen LogP contribution in [0.4, 0.5) is 0 Å². The number of methoxy groups -OCH3 is 1. The van der Waals surface area contributed by atoms with Crippen LogP contribution >= 0.6 is 11.6 Å². The monoisotopic (exact) mass is 326 g/mol. The Morgan fingerprint density at radius 2 is 2.04 bits per heavy atom. The van der Waals surface area contributed by atoms with Gasteiger partial charge in [0, 0.05) is 29.5 Å². The van der Waals surface area contributed by atoms with Crippen molar-refractivity contribution in [1.82, 2.24) is 9.55 Å². The van der Waals surface area contributed by atoms with Crippen molar-refractivity contribution in [2.24, 2.45) is 0 Å². The molecular weight excluding hydrogens is 312 g/mol. The van der Waals surface area contributed by atoms with E-state index in [0.717, 1.165) is 17.0 Å². The number of rotatable bonds is 4. The molecule has 2 aromatic carbocycles. The molecule has 5 heteroatoms. The van der Waals surface area contributed by atoms with E-state index < -0.39 is 0 Å². The number of ether oxygens (including phenoxy) is 1. The highest BCUT2D eigenvalue weighted by Gasteiger charge is 2.09. The van der Waals surface area contributed by atoms with Crippen molar-refractivity contribution in [3.63, 3.8) is 0 Å². The number of aromatic nitrogens is 2. The number of esters is 1. The minimum atomic E-state index is -0.340. The lowest BCUT2D eigenvalue weighted by Crippen LogP contribution is -2.05. The number of hydrogen-bond acceptors (Lipinski definition) is 3. The molecule has 116 valence electrons. The molecule has 0 N–H and O–H groups in total. The molecule has 0 fully saturated rings. The van der Waals surface area contributed by atoms with Gasteiger partial charge in [0.1, 0.15) is 5.82 Å². The predicted octanol–water partition coefficient (Wildman–Crippen LogP) is 4.04. The fraction of sp³-hybridized carbons (Fsp3) is 0.111. The summed E-state index contributed by atoms with van der Waals surface area (Å²) in [6.07, 6.45) is 3.65. The Morgan fingerprint density at radius 3 is 2.83 bits per heavy atom. The second-order valence-corrected chi connectivity index (χ2v) is 5.52. The van der Waals surface area contributed by atoms with Gasteiger partial charge in [-0.2, -0.15) is 0 Å². The lowest BCUT2D eigenvalue weighted by Gasteiger charge is -2.09. The molecule has 0 aliphatic heterocycles. The molecule has 0 aliphatic carbocycles. The smallest absolute Gasteiger partial charge is 0.337 e. The second-order valence-electron chi connectivity index (χ2n) is 5.08. The van der Waals surface area contributed by atoms with Gasteiger partial charge >= 0.3 is 5.97 Å². The number of hydrogen-bond donors (Lipinski definition) is 0. The average Bonchev–Trinajstić information content (AvgIpc) is 3.02. The first kappa shape index (κ1) is 15.3. The van der Waals surface area contributed by atoms with E-state index in [-0.39, 0.29) is 5.97 Å². The van der Waals surface area contributed by atoms with Crippen LogP contribution in [0.5, 0.6) is 0 Å². The van der Waals surface area contributed by atoms with E-state index in [9.17, 15) is 4.79 Å². The summed E-state index contributed by atoms with van der Waals surface area (Å²) in [7, 11) is 1.38.